The molecule has 1 aromatic carbocycles. The Morgan fingerprint density at radius 3 is 2.42 bits per heavy atom. The van der Waals surface area contributed by atoms with Gasteiger partial charge in [-0.3, -0.25) is 4.79 Å². The molecule has 0 saturated carbocycles. The van der Waals surface area contributed by atoms with Crippen LogP contribution in [0.1, 0.15) is 18.7 Å². The lowest BCUT2D eigenvalue weighted by atomic mass is 10.2. The summed E-state index contributed by atoms with van der Waals surface area (Å²) in [7, 11) is 0. The van der Waals surface area contributed by atoms with E-state index < -0.39 is 29.4 Å². The van der Waals surface area contributed by atoms with Crippen LogP contribution in [0.3, 0.4) is 0 Å². The maximum Gasteiger partial charge on any atom is 0.427 e. The standard InChI is InChI=1S/C15H14F4N2O2S/c1-9(2)21(11-5-3-10(16)4-6-11)13(22)8-23-14-20-7-12(24-14)15(17,18)19/h3-7,9H,8H2,1-2H3. The number of hydrogen-bond donors (Lipinski definition) is 0. The largest absolute Gasteiger partial charge is 0.460 e. The SMILES string of the molecule is CC(C)N(C(=O)COc1ncc(C(F)(F)F)s1)c1ccc(F)cc1. The van der Waals surface area contributed by atoms with E-state index in [1.807, 2.05) is 0 Å². The van der Waals surface area contributed by atoms with Gasteiger partial charge < -0.3 is 9.64 Å². The third-order valence-corrected chi connectivity index (χ3v) is 3.93. The molecular formula is C15H14F4N2O2S. The van der Waals surface area contributed by atoms with Crippen molar-refractivity contribution in [2.24, 2.45) is 0 Å². The molecule has 0 spiro atoms. The van der Waals surface area contributed by atoms with Crippen LogP contribution in [0, 0.1) is 5.82 Å². The number of hydrogen-bond acceptors (Lipinski definition) is 4. The average molecular weight is 362 g/mol. The molecule has 9 heteroatoms. The van der Waals surface area contributed by atoms with Gasteiger partial charge in [-0.15, -0.1) is 0 Å². The number of rotatable bonds is 5. The Morgan fingerprint density at radius 2 is 1.92 bits per heavy atom. The zero-order valence-electron chi connectivity index (χ0n) is 12.8. The molecule has 0 saturated heterocycles. The van der Waals surface area contributed by atoms with Gasteiger partial charge in [-0.1, -0.05) is 11.3 Å². The number of ether oxygens (including phenoxy) is 1. The highest BCUT2D eigenvalue weighted by Crippen LogP contribution is 2.35. The zero-order valence-corrected chi connectivity index (χ0v) is 13.6. The molecule has 0 radical (unpaired) electrons. The Kier molecular flexibility index (Phi) is 5.43. The van der Waals surface area contributed by atoms with Crippen molar-refractivity contribution in [3.63, 3.8) is 0 Å². The maximum atomic E-state index is 13.0. The molecule has 0 bridgehead atoms. The van der Waals surface area contributed by atoms with Crippen LogP contribution in [-0.4, -0.2) is 23.5 Å². The van der Waals surface area contributed by atoms with Crippen LogP contribution in [0.15, 0.2) is 30.5 Å². The molecule has 1 amide bonds. The quantitative estimate of drug-likeness (QED) is 0.752. The molecule has 0 aliphatic heterocycles. The van der Waals surface area contributed by atoms with Gasteiger partial charge in [0, 0.05) is 11.7 Å². The van der Waals surface area contributed by atoms with E-state index in [1.54, 1.807) is 13.8 Å². The van der Waals surface area contributed by atoms with Gasteiger partial charge in [-0.25, -0.2) is 9.37 Å². The lowest BCUT2D eigenvalue weighted by Gasteiger charge is -2.26. The number of aromatic nitrogens is 1. The first-order valence-electron chi connectivity index (χ1n) is 6.92. The van der Waals surface area contributed by atoms with Crippen LogP contribution in [0.4, 0.5) is 23.2 Å². The summed E-state index contributed by atoms with van der Waals surface area (Å²) in [6.07, 6.45) is -3.84. The van der Waals surface area contributed by atoms with Gasteiger partial charge in [-0.05, 0) is 38.1 Å². The monoisotopic (exact) mass is 362 g/mol. The molecule has 0 unspecified atom stereocenters. The second-order valence-electron chi connectivity index (χ2n) is 5.11. The fraction of sp³-hybridized carbons (Fsp3) is 0.333. The van der Waals surface area contributed by atoms with Crippen LogP contribution in [0.2, 0.25) is 0 Å². The van der Waals surface area contributed by atoms with E-state index in [1.165, 1.54) is 29.2 Å². The van der Waals surface area contributed by atoms with E-state index in [9.17, 15) is 22.4 Å². The summed E-state index contributed by atoms with van der Waals surface area (Å²) in [6, 6.07) is 5.08. The number of halogens is 4. The minimum atomic E-state index is -4.50. The highest BCUT2D eigenvalue weighted by Gasteiger charge is 2.33. The van der Waals surface area contributed by atoms with Crippen LogP contribution < -0.4 is 9.64 Å². The van der Waals surface area contributed by atoms with Crippen LogP contribution in [-0.2, 0) is 11.0 Å². The first-order chi connectivity index (χ1) is 11.2. The van der Waals surface area contributed by atoms with E-state index in [4.69, 9.17) is 4.74 Å². The van der Waals surface area contributed by atoms with Gasteiger partial charge in [-0.2, -0.15) is 13.2 Å². The summed E-state index contributed by atoms with van der Waals surface area (Å²) in [4.78, 5) is 16.3. The number of carbonyl (C=O) groups excluding carboxylic acids is 1. The first kappa shape index (κ1) is 18.2. The number of carbonyl (C=O) groups is 1. The Morgan fingerprint density at radius 1 is 1.29 bits per heavy atom. The fourth-order valence-corrected chi connectivity index (χ4v) is 2.61. The molecule has 0 aliphatic rings. The topological polar surface area (TPSA) is 42.4 Å². The second kappa shape index (κ2) is 7.16. The molecular weight excluding hydrogens is 348 g/mol. The number of anilines is 1. The Labute approximate surface area is 139 Å². The van der Waals surface area contributed by atoms with Gasteiger partial charge in [0.15, 0.2) is 6.61 Å². The van der Waals surface area contributed by atoms with Gasteiger partial charge in [0.1, 0.15) is 10.7 Å². The van der Waals surface area contributed by atoms with E-state index >= 15 is 0 Å². The minimum Gasteiger partial charge on any atom is -0.460 e. The number of alkyl halides is 3. The third kappa shape index (κ3) is 4.44. The lowest BCUT2D eigenvalue weighted by Crippen LogP contribution is -2.40. The molecule has 2 rings (SSSR count). The number of nitrogens with zero attached hydrogens (tertiary/aromatic N) is 2. The summed E-state index contributed by atoms with van der Waals surface area (Å²) in [5.41, 5.74) is 0.468. The smallest absolute Gasteiger partial charge is 0.427 e. The first-order valence-corrected chi connectivity index (χ1v) is 7.73. The van der Waals surface area contributed by atoms with Gasteiger partial charge >= 0.3 is 6.18 Å². The molecule has 1 heterocycles. The van der Waals surface area contributed by atoms with Crippen molar-refractivity contribution < 1.29 is 27.1 Å². The highest BCUT2D eigenvalue weighted by molar-refractivity contribution is 7.13. The molecule has 0 fully saturated rings. The maximum absolute atomic E-state index is 13.0. The molecule has 24 heavy (non-hydrogen) atoms. The Hall–Kier alpha value is -2.16. The highest BCUT2D eigenvalue weighted by atomic mass is 32.1. The molecule has 0 atom stereocenters. The summed E-state index contributed by atoms with van der Waals surface area (Å²) in [5, 5.41) is -0.238. The van der Waals surface area contributed by atoms with Crippen molar-refractivity contribution in [2.75, 3.05) is 11.5 Å². The normalized spacial score (nSPS) is 11.6. The number of thiazole rings is 1. The summed E-state index contributed by atoms with van der Waals surface area (Å²) in [5.74, 6) is -0.908. The fourth-order valence-electron chi connectivity index (χ4n) is 1.98. The molecule has 0 N–H and O–H groups in total. The van der Waals surface area contributed by atoms with Crippen molar-refractivity contribution in [3.8, 4) is 5.19 Å². The van der Waals surface area contributed by atoms with Crippen molar-refractivity contribution in [3.05, 3.63) is 41.2 Å². The Balaban J connectivity index is 2.06. The molecule has 1 aromatic heterocycles. The number of benzene rings is 1. The zero-order chi connectivity index (χ0) is 17.9. The van der Waals surface area contributed by atoms with Crippen LogP contribution in [0.5, 0.6) is 5.19 Å². The van der Waals surface area contributed by atoms with E-state index in [0.29, 0.717) is 23.2 Å². The second-order valence-corrected chi connectivity index (χ2v) is 6.10. The lowest BCUT2D eigenvalue weighted by molar-refractivity contribution is -0.134. The van der Waals surface area contributed by atoms with Crippen molar-refractivity contribution >= 4 is 22.9 Å². The van der Waals surface area contributed by atoms with Crippen LogP contribution in [0.25, 0.3) is 0 Å². The average Bonchev–Trinajstić information content (AvgIpc) is 2.96. The Bertz CT molecular complexity index is 698. The summed E-state index contributed by atoms with van der Waals surface area (Å²) < 4.78 is 55.5. The van der Waals surface area contributed by atoms with E-state index in [2.05, 4.69) is 4.98 Å². The number of amides is 1. The van der Waals surface area contributed by atoms with Crippen molar-refractivity contribution in [1.29, 1.82) is 0 Å². The third-order valence-electron chi connectivity index (χ3n) is 2.97. The van der Waals surface area contributed by atoms with Gasteiger partial charge in [0.2, 0.25) is 0 Å². The summed E-state index contributed by atoms with van der Waals surface area (Å²) >= 11 is 0.321. The predicted molar refractivity (Wildman–Crippen MR) is 81.6 cm³/mol. The molecule has 130 valence electrons. The summed E-state index contributed by atoms with van der Waals surface area (Å²) in [6.45, 7) is 3.04. The molecule has 0 aliphatic carbocycles. The van der Waals surface area contributed by atoms with Crippen LogP contribution >= 0.6 is 11.3 Å². The van der Waals surface area contributed by atoms with Crippen molar-refractivity contribution in [2.45, 2.75) is 26.1 Å². The minimum absolute atomic E-state index is 0.238. The van der Waals surface area contributed by atoms with Gasteiger partial charge in [0.05, 0.1) is 6.20 Å². The molecule has 4 nitrogen and oxygen atoms in total. The van der Waals surface area contributed by atoms with Gasteiger partial charge in [0.25, 0.3) is 11.1 Å². The van der Waals surface area contributed by atoms with E-state index in [0.717, 1.165) is 0 Å². The predicted octanol–water partition coefficient (Wildman–Crippen LogP) is 4.12. The molecule has 2 aromatic rings. The van der Waals surface area contributed by atoms with Crippen molar-refractivity contribution in [1.82, 2.24) is 4.98 Å². The van der Waals surface area contributed by atoms with E-state index in [-0.39, 0.29) is 11.2 Å².